The van der Waals surface area contributed by atoms with Crippen molar-refractivity contribution in [3.05, 3.63) is 17.0 Å². The predicted octanol–water partition coefficient (Wildman–Crippen LogP) is 2.31. The second kappa shape index (κ2) is 6.53. The summed E-state index contributed by atoms with van der Waals surface area (Å²) in [6.07, 6.45) is 1.89. The monoisotopic (exact) mass is 267 g/mol. The molecule has 0 amide bonds. The van der Waals surface area contributed by atoms with Gasteiger partial charge >= 0.3 is 0 Å². The first-order valence-corrected chi connectivity index (χ1v) is 7.15. The Morgan fingerprint density at radius 1 is 1.37 bits per heavy atom. The fraction of sp³-hybridized carbons (Fsp3) is 0.800. The van der Waals surface area contributed by atoms with Crippen LogP contribution in [0.25, 0.3) is 0 Å². The number of rotatable bonds is 7. The Balaban J connectivity index is 2.45. The highest BCUT2D eigenvalue weighted by Gasteiger charge is 2.20. The van der Waals surface area contributed by atoms with E-state index in [0.717, 1.165) is 25.1 Å². The van der Waals surface area contributed by atoms with Crippen molar-refractivity contribution in [3.8, 4) is 0 Å². The SMILES string of the molecule is Cc1nn(C)c(C)c1CNCC(C)(O)CCC(C)C. The Labute approximate surface area is 117 Å². The van der Waals surface area contributed by atoms with Crippen LogP contribution in [0.5, 0.6) is 0 Å². The second-order valence-corrected chi connectivity index (χ2v) is 6.31. The quantitative estimate of drug-likeness (QED) is 0.797. The molecule has 110 valence electrons. The number of aliphatic hydroxyl groups is 1. The maximum atomic E-state index is 10.3. The van der Waals surface area contributed by atoms with Gasteiger partial charge in [0.2, 0.25) is 0 Å². The second-order valence-electron chi connectivity index (χ2n) is 6.31. The Kier molecular flexibility index (Phi) is 5.56. The third-order valence-corrected chi connectivity index (χ3v) is 3.73. The maximum Gasteiger partial charge on any atom is 0.0743 e. The molecule has 1 aromatic heterocycles. The summed E-state index contributed by atoms with van der Waals surface area (Å²) in [4.78, 5) is 0. The van der Waals surface area contributed by atoms with Gasteiger partial charge in [0.15, 0.2) is 0 Å². The highest BCUT2D eigenvalue weighted by atomic mass is 16.3. The van der Waals surface area contributed by atoms with Crippen LogP contribution in [0.4, 0.5) is 0 Å². The molecule has 2 N–H and O–H groups in total. The van der Waals surface area contributed by atoms with Crippen LogP contribution in [-0.2, 0) is 13.6 Å². The highest BCUT2D eigenvalue weighted by molar-refractivity contribution is 5.23. The van der Waals surface area contributed by atoms with E-state index in [4.69, 9.17) is 0 Å². The van der Waals surface area contributed by atoms with E-state index in [1.54, 1.807) is 0 Å². The molecule has 19 heavy (non-hydrogen) atoms. The maximum absolute atomic E-state index is 10.3. The van der Waals surface area contributed by atoms with Crippen LogP contribution in [0.2, 0.25) is 0 Å². The van der Waals surface area contributed by atoms with Crippen LogP contribution in [0.15, 0.2) is 0 Å². The van der Waals surface area contributed by atoms with Gasteiger partial charge in [0.25, 0.3) is 0 Å². The van der Waals surface area contributed by atoms with E-state index in [-0.39, 0.29) is 0 Å². The lowest BCUT2D eigenvalue weighted by atomic mass is 9.95. The van der Waals surface area contributed by atoms with Crippen molar-refractivity contribution in [2.24, 2.45) is 13.0 Å². The third-order valence-electron chi connectivity index (χ3n) is 3.73. The van der Waals surface area contributed by atoms with Crippen molar-refractivity contribution in [2.75, 3.05) is 6.54 Å². The lowest BCUT2D eigenvalue weighted by Gasteiger charge is -2.24. The molecule has 0 aliphatic rings. The average Bonchev–Trinajstić information content (AvgIpc) is 2.53. The molecular weight excluding hydrogens is 238 g/mol. The molecule has 4 heteroatoms. The van der Waals surface area contributed by atoms with E-state index >= 15 is 0 Å². The van der Waals surface area contributed by atoms with Crippen molar-refractivity contribution in [1.29, 1.82) is 0 Å². The molecule has 0 spiro atoms. The molecule has 0 saturated heterocycles. The van der Waals surface area contributed by atoms with Gasteiger partial charge in [-0.1, -0.05) is 13.8 Å². The van der Waals surface area contributed by atoms with Gasteiger partial charge in [-0.3, -0.25) is 4.68 Å². The van der Waals surface area contributed by atoms with E-state index in [2.05, 4.69) is 31.2 Å². The molecule has 0 bridgehead atoms. The molecule has 0 aliphatic carbocycles. The molecule has 0 aromatic carbocycles. The molecule has 1 unspecified atom stereocenters. The number of hydrogen-bond acceptors (Lipinski definition) is 3. The van der Waals surface area contributed by atoms with Gasteiger partial charge < -0.3 is 10.4 Å². The smallest absolute Gasteiger partial charge is 0.0743 e. The van der Waals surface area contributed by atoms with Gasteiger partial charge in [-0.2, -0.15) is 5.10 Å². The zero-order chi connectivity index (χ0) is 14.6. The van der Waals surface area contributed by atoms with Crippen molar-refractivity contribution < 1.29 is 5.11 Å². The molecule has 0 radical (unpaired) electrons. The molecule has 0 aliphatic heterocycles. The van der Waals surface area contributed by atoms with Crippen LogP contribution < -0.4 is 5.32 Å². The molecule has 0 saturated carbocycles. The van der Waals surface area contributed by atoms with E-state index in [9.17, 15) is 5.11 Å². The summed E-state index contributed by atoms with van der Waals surface area (Å²) in [7, 11) is 1.96. The van der Waals surface area contributed by atoms with Gasteiger partial charge in [-0.15, -0.1) is 0 Å². The average molecular weight is 267 g/mol. The first kappa shape index (κ1) is 16.2. The lowest BCUT2D eigenvalue weighted by molar-refractivity contribution is 0.0451. The van der Waals surface area contributed by atoms with Crippen molar-refractivity contribution in [2.45, 2.75) is 59.6 Å². The Hall–Kier alpha value is -0.870. The van der Waals surface area contributed by atoms with E-state index in [1.165, 1.54) is 11.3 Å². The summed E-state index contributed by atoms with van der Waals surface area (Å²) in [5, 5.41) is 18.1. The summed E-state index contributed by atoms with van der Waals surface area (Å²) >= 11 is 0. The van der Waals surface area contributed by atoms with Gasteiger partial charge in [-0.05, 0) is 39.5 Å². The fourth-order valence-electron chi connectivity index (χ4n) is 2.22. The number of hydrogen-bond donors (Lipinski definition) is 2. The summed E-state index contributed by atoms with van der Waals surface area (Å²) < 4.78 is 1.91. The van der Waals surface area contributed by atoms with Gasteiger partial charge in [0, 0.05) is 31.4 Å². The summed E-state index contributed by atoms with van der Waals surface area (Å²) in [5.41, 5.74) is 2.86. The zero-order valence-electron chi connectivity index (χ0n) is 13.2. The number of nitrogens with zero attached hydrogens (tertiary/aromatic N) is 2. The zero-order valence-corrected chi connectivity index (χ0v) is 13.2. The van der Waals surface area contributed by atoms with Crippen molar-refractivity contribution in [3.63, 3.8) is 0 Å². The molecule has 4 nitrogen and oxygen atoms in total. The first-order chi connectivity index (χ1) is 8.73. The molecule has 0 fully saturated rings. The van der Waals surface area contributed by atoms with Gasteiger partial charge in [0.05, 0.1) is 11.3 Å². The number of nitrogens with one attached hydrogen (secondary N) is 1. The van der Waals surface area contributed by atoms with Crippen LogP contribution >= 0.6 is 0 Å². The van der Waals surface area contributed by atoms with Crippen molar-refractivity contribution in [1.82, 2.24) is 15.1 Å². The highest BCUT2D eigenvalue weighted by Crippen LogP contribution is 2.16. The first-order valence-electron chi connectivity index (χ1n) is 7.15. The van der Waals surface area contributed by atoms with Crippen LogP contribution in [-0.4, -0.2) is 27.0 Å². The van der Waals surface area contributed by atoms with E-state index < -0.39 is 5.60 Å². The summed E-state index contributed by atoms with van der Waals surface area (Å²) in [6, 6.07) is 0. The minimum absolute atomic E-state index is 0.619. The van der Waals surface area contributed by atoms with E-state index in [0.29, 0.717) is 12.5 Å². The summed E-state index contributed by atoms with van der Waals surface area (Å²) in [5.74, 6) is 0.634. The fourth-order valence-corrected chi connectivity index (χ4v) is 2.22. The Morgan fingerprint density at radius 3 is 2.47 bits per heavy atom. The minimum Gasteiger partial charge on any atom is -0.389 e. The molecular formula is C15H29N3O. The lowest BCUT2D eigenvalue weighted by Crippen LogP contribution is -2.37. The Morgan fingerprint density at radius 2 is 2.00 bits per heavy atom. The van der Waals surface area contributed by atoms with E-state index in [1.807, 2.05) is 25.6 Å². The minimum atomic E-state index is -0.631. The Bertz CT molecular complexity index is 408. The third kappa shape index (κ3) is 4.96. The molecule has 1 atom stereocenters. The standard InChI is InChI=1S/C15H29N3O/c1-11(2)7-8-15(5,19)10-16-9-14-12(3)17-18(6)13(14)4/h11,16,19H,7-10H2,1-6H3. The van der Waals surface area contributed by atoms with Gasteiger partial charge in [0.1, 0.15) is 0 Å². The number of aryl methyl sites for hydroxylation is 2. The van der Waals surface area contributed by atoms with Crippen LogP contribution in [0, 0.1) is 19.8 Å². The van der Waals surface area contributed by atoms with Crippen molar-refractivity contribution >= 4 is 0 Å². The molecule has 1 heterocycles. The normalized spacial score (nSPS) is 14.9. The molecule has 1 aromatic rings. The largest absolute Gasteiger partial charge is 0.389 e. The predicted molar refractivity (Wildman–Crippen MR) is 79.1 cm³/mol. The summed E-state index contributed by atoms with van der Waals surface area (Å²) in [6.45, 7) is 11.8. The number of aromatic nitrogens is 2. The van der Waals surface area contributed by atoms with Crippen LogP contribution in [0.3, 0.4) is 0 Å². The van der Waals surface area contributed by atoms with Gasteiger partial charge in [-0.25, -0.2) is 0 Å². The molecule has 1 rings (SSSR count). The van der Waals surface area contributed by atoms with Crippen LogP contribution in [0.1, 0.15) is 50.6 Å². The topological polar surface area (TPSA) is 50.1 Å².